The number of aromatic nitrogens is 3. The van der Waals surface area contributed by atoms with Crippen molar-refractivity contribution in [1.82, 2.24) is 14.5 Å². The van der Waals surface area contributed by atoms with Gasteiger partial charge in [-0.3, -0.25) is 9.59 Å². The normalized spacial score (nSPS) is 10.5. The molecule has 0 unspecified atom stereocenters. The second-order valence-corrected chi connectivity index (χ2v) is 4.48. The Morgan fingerprint density at radius 2 is 1.90 bits per heavy atom. The molecule has 1 amide bonds. The van der Waals surface area contributed by atoms with Crippen LogP contribution in [0.15, 0.2) is 53.5 Å². The number of amides is 1. The van der Waals surface area contributed by atoms with Gasteiger partial charge in [-0.15, -0.1) is 0 Å². The molecule has 0 atom stereocenters. The Bertz CT molecular complexity index is 872. The Kier molecular flexibility index (Phi) is 3.19. The van der Waals surface area contributed by atoms with Crippen molar-refractivity contribution < 1.29 is 4.79 Å². The highest BCUT2D eigenvalue weighted by molar-refractivity contribution is 6.03. The molecule has 0 bridgehead atoms. The summed E-state index contributed by atoms with van der Waals surface area (Å²) < 4.78 is 1.41. The number of fused-ring (bicyclic) bond motifs is 1. The van der Waals surface area contributed by atoms with Gasteiger partial charge in [0.1, 0.15) is 5.82 Å². The van der Waals surface area contributed by atoms with Crippen molar-refractivity contribution in [3.63, 3.8) is 0 Å². The monoisotopic (exact) mass is 280 g/mol. The van der Waals surface area contributed by atoms with Crippen LogP contribution in [0.5, 0.6) is 0 Å². The van der Waals surface area contributed by atoms with Crippen LogP contribution in [0.1, 0.15) is 10.5 Å². The standard InChI is InChI=1S/C15H12N4O2/c1-19-11-7-3-2-6-10(11)17-13(15(19)21)14(20)18-12-8-4-5-9-16-12/h2-9H,1H3,(H,16,18,20). The Morgan fingerprint density at radius 1 is 1.14 bits per heavy atom. The molecule has 0 aliphatic heterocycles. The molecule has 21 heavy (non-hydrogen) atoms. The number of aryl methyl sites for hydroxylation is 1. The highest BCUT2D eigenvalue weighted by Gasteiger charge is 2.16. The second-order valence-electron chi connectivity index (χ2n) is 4.48. The highest BCUT2D eigenvalue weighted by Crippen LogP contribution is 2.09. The maximum Gasteiger partial charge on any atom is 0.282 e. The number of anilines is 1. The molecule has 0 saturated heterocycles. The molecule has 104 valence electrons. The number of hydrogen-bond donors (Lipinski definition) is 1. The Morgan fingerprint density at radius 3 is 2.67 bits per heavy atom. The summed E-state index contributed by atoms with van der Waals surface area (Å²) in [5, 5.41) is 2.57. The van der Waals surface area contributed by atoms with Crippen LogP contribution >= 0.6 is 0 Å². The molecule has 0 aliphatic carbocycles. The van der Waals surface area contributed by atoms with Gasteiger partial charge in [0.25, 0.3) is 11.5 Å². The Hall–Kier alpha value is -3.02. The molecule has 6 nitrogen and oxygen atoms in total. The molecule has 0 spiro atoms. The summed E-state index contributed by atoms with van der Waals surface area (Å²) >= 11 is 0. The number of nitrogens with one attached hydrogen (secondary N) is 1. The summed E-state index contributed by atoms with van der Waals surface area (Å²) in [4.78, 5) is 32.6. The predicted molar refractivity (Wildman–Crippen MR) is 79.2 cm³/mol. The van der Waals surface area contributed by atoms with E-state index in [1.54, 1.807) is 49.6 Å². The van der Waals surface area contributed by atoms with Crippen molar-refractivity contribution in [3.8, 4) is 0 Å². The zero-order valence-corrected chi connectivity index (χ0v) is 11.3. The molecule has 0 radical (unpaired) electrons. The first-order valence-corrected chi connectivity index (χ1v) is 6.35. The predicted octanol–water partition coefficient (Wildman–Crippen LogP) is 1.58. The fourth-order valence-corrected chi connectivity index (χ4v) is 2.04. The van der Waals surface area contributed by atoms with E-state index in [0.29, 0.717) is 16.9 Å². The number of carbonyl (C=O) groups is 1. The van der Waals surface area contributed by atoms with Crippen molar-refractivity contribution in [2.45, 2.75) is 0 Å². The summed E-state index contributed by atoms with van der Waals surface area (Å²) in [5.41, 5.74) is 0.673. The van der Waals surface area contributed by atoms with Gasteiger partial charge in [0.2, 0.25) is 0 Å². The third-order valence-electron chi connectivity index (χ3n) is 3.10. The van der Waals surface area contributed by atoms with Crippen molar-refractivity contribution in [2.24, 2.45) is 7.05 Å². The van der Waals surface area contributed by atoms with E-state index in [-0.39, 0.29) is 5.69 Å². The average molecular weight is 280 g/mol. The van der Waals surface area contributed by atoms with Gasteiger partial charge in [-0.2, -0.15) is 0 Å². The van der Waals surface area contributed by atoms with Crippen LogP contribution in [0.4, 0.5) is 5.82 Å². The van der Waals surface area contributed by atoms with Gasteiger partial charge in [0.05, 0.1) is 11.0 Å². The van der Waals surface area contributed by atoms with Crippen LogP contribution in [-0.2, 0) is 7.05 Å². The number of para-hydroxylation sites is 2. The maximum absolute atomic E-state index is 12.2. The van der Waals surface area contributed by atoms with Gasteiger partial charge in [-0.05, 0) is 24.3 Å². The molecule has 1 N–H and O–H groups in total. The largest absolute Gasteiger partial charge is 0.308 e. The second kappa shape index (κ2) is 5.16. The van der Waals surface area contributed by atoms with Crippen LogP contribution in [0, 0.1) is 0 Å². The molecule has 0 saturated carbocycles. The van der Waals surface area contributed by atoms with Crippen LogP contribution in [0.3, 0.4) is 0 Å². The summed E-state index contributed by atoms with van der Waals surface area (Å²) in [6.45, 7) is 0. The third-order valence-corrected chi connectivity index (χ3v) is 3.10. The fourth-order valence-electron chi connectivity index (χ4n) is 2.04. The molecule has 0 aliphatic rings. The molecule has 3 rings (SSSR count). The molecule has 6 heteroatoms. The van der Waals surface area contributed by atoms with E-state index in [0.717, 1.165) is 0 Å². The summed E-state index contributed by atoms with van der Waals surface area (Å²) in [5.74, 6) is -0.195. The summed E-state index contributed by atoms with van der Waals surface area (Å²) in [6, 6.07) is 12.3. The smallest absolute Gasteiger partial charge is 0.282 e. The molecular formula is C15H12N4O2. The third kappa shape index (κ3) is 2.38. The number of benzene rings is 1. The van der Waals surface area contributed by atoms with E-state index in [1.807, 2.05) is 6.07 Å². The quantitative estimate of drug-likeness (QED) is 0.773. The minimum Gasteiger partial charge on any atom is -0.308 e. The number of rotatable bonds is 2. The number of carbonyl (C=O) groups excluding carboxylic acids is 1. The van der Waals surface area contributed by atoms with Crippen LogP contribution in [0.25, 0.3) is 11.0 Å². The van der Waals surface area contributed by atoms with Crippen molar-refractivity contribution in [3.05, 3.63) is 64.7 Å². The molecule has 3 aromatic rings. The minimum atomic E-state index is -0.569. The first-order valence-electron chi connectivity index (χ1n) is 6.35. The van der Waals surface area contributed by atoms with E-state index < -0.39 is 11.5 Å². The van der Waals surface area contributed by atoms with Crippen LogP contribution < -0.4 is 10.9 Å². The highest BCUT2D eigenvalue weighted by atomic mass is 16.2. The molecule has 0 fully saturated rings. The van der Waals surface area contributed by atoms with Gasteiger partial charge < -0.3 is 9.88 Å². The first-order chi connectivity index (χ1) is 10.2. The Balaban J connectivity index is 2.06. The van der Waals surface area contributed by atoms with Crippen LogP contribution in [-0.4, -0.2) is 20.4 Å². The van der Waals surface area contributed by atoms with E-state index in [1.165, 1.54) is 4.57 Å². The molecule has 2 aromatic heterocycles. The van der Waals surface area contributed by atoms with Gasteiger partial charge in [0, 0.05) is 13.2 Å². The van der Waals surface area contributed by atoms with E-state index in [2.05, 4.69) is 15.3 Å². The zero-order chi connectivity index (χ0) is 14.8. The lowest BCUT2D eigenvalue weighted by molar-refractivity contribution is 0.102. The lowest BCUT2D eigenvalue weighted by Crippen LogP contribution is -2.30. The van der Waals surface area contributed by atoms with Crippen molar-refractivity contribution >= 4 is 22.8 Å². The van der Waals surface area contributed by atoms with Gasteiger partial charge in [-0.25, -0.2) is 9.97 Å². The van der Waals surface area contributed by atoms with E-state index in [4.69, 9.17) is 0 Å². The van der Waals surface area contributed by atoms with Crippen molar-refractivity contribution in [2.75, 3.05) is 5.32 Å². The van der Waals surface area contributed by atoms with Gasteiger partial charge in [0.15, 0.2) is 5.69 Å². The Labute approximate surface area is 120 Å². The van der Waals surface area contributed by atoms with Crippen LogP contribution in [0.2, 0.25) is 0 Å². The SMILES string of the molecule is Cn1c(=O)c(C(=O)Nc2ccccn2)nc2ccccc21. The van der Waals surface area contributed by atoms with E-state index >= 15 is 0 Å². The van der Waals surface area contributed by atoms with Crippen molar-refractivity contribution in [1.29, 1.82) is 0 Å². The van der Waals surface area contributed by atoms with E-state index in [9.17, 15) is 9.59 Å². The topological polar surface area (TPSA) is 76.9 Å². The minimum absolute atomic E-state index is 0.151. The first kappa shape index (κ1) is 13.0. The molecular weight excluding hydrogens is 268 g/mol. The molecule has 2 heterocycles. The molecule has 1 aromatic carbocycles. The summed E-state index contributed by atoms with van der Waals surface area (Å²) in [6.07, 6.45) is 1.56. The number of hydrogen-bond acceptors (Lipinski definition) is 4. The fraction of sp³-hybridized carbons (Fsp3) is 0.0667. The van der Waals surface area contributed by atoms with Gasteiger partial charge in [-0.1, -0.05) is 18.2 Å². The number of pyridine rings is 1. The lowest BCUT2D eigenvalue weighted by Gasteiger charge is -2.07. The van der Waals surface area contributed by atoms with Gasteiger partial charge >= 0.3 is 0 Å². The maximum atomic E-state index is 12.2. The lowest BCUT2D eigenvalue weighted by atomic mass is 10.2. The zero-order valence-electron chi connectivity index (χ0n) is 11.3. The summed E-state index contributed by atoms with van der Waals surface area (Å²) in [7, 11) is 1.61. The average Bonchev–Trinajstić information content (AvgIpc) is 2.52. The number of nitrogens with zero attached hydrogens (tertiary/aromatic N) is 3.